The van der Waals surface area contributed by atoms with Crippen LogP contribution in [-0.4, -0.2) is 25.7 Å². The van der Waals surface area contributed by atoms with Crippen LogP contribution < -0.4 is 5.43 Å². The normalized spacial score (nSPS) is 15.6. The fourth-order valence-electron chi connectivity index (χ4n) is 3.11. The van der Waals surface area contributed by atoms with Gasteiger partial charge in [-0.2, -0.15) is 5.01 Å². The Morgan fingerprint density at radius 2 is 1.86 bits per heavy atom. The zero-order valence-electron chi connectivity index (χ0n) is 15.1. The number of fused-ring (bicyclic) bond motifs is 1. The Kier molecular flexibility index (Phi) is 5.02. The predicted molar refractivity (Wildman–Crippen MR) is 117 cm³/mol. The van der Waals surface area contributed by atoms with E-state index < -0.39 is 0 Å². The van der Waals surface area contributed by atoms with E-state index in [0.29, 0.717) is 14.8 Å². The van der Waals surface area contributed by atoms with E-state index in [4.69, 9.17) is 12.2 Å². The Morgan fingerprint density at radius 1 is 1.14 bits per heavy atom. The summed E-state index contributed by atoms with van der Waals surface area (Å²) in [7, 11) is 0. The number of aryl methyl sites for hydroxylation is 1. The van der Waals surface area contributed by atoms with E-state index in [9.17, 15) is 9.59 Å². The topological polar surface area (TPSA) is 54.3 Å². The number of benzene rings is 2. The summed E-state index contributed by atoms with van der Waals surface area (Å²) in [5, 5.41) is 2.21. The lowest BCUT2D eigenvalue weighted by Gasteiger charge is -2.15. The summed E-state index contributed by atoms with van der Waals surface area (Å²) in [5.74, 6) is -0.701. The standard InChI is InChI=1S/C21H17N3O2S2/c1-2-23-13-15(16-10-6-7-11-17(16)23)12-18-20(26)24(21(27)28-18)22-19(25)14-8-4-3-5-9-14/h3-13H,2H2,1H3,(H,22,25)/b18-12-. The van der Waals surface area contributed by atoms with Crippen molar-refractivity contribution in [2.24, 2.45) is 0 Å². The number of thiocarbonyl (C=S) groups is 1. The van der Waals surface area contributed by atoms with Crippen LogP contribution in [0.4, 0.5) is 0 Å². The molecule has 1 aromatic heterocycles. The van der Waals surface area contributed by atoms with Gasteiger partial charge in [0.25, 0.3) is 11.8 Å². The van der Waals surface area contributed by atoms with Crippen molar-refractivity contribution in [2.45, 2.75) is 13.5 Å². The summed E-state index contributed by atoms with van der Waals surface area (Å²) >= 11 is 6.49. The summed E-state index contributed by atoms with van der Waals surface area (Å²) in [6.07, 6.45) is 3.86. The number of carbonyl (C=O) groups excluding carboxylic acids is 2. The average Bonchev–Trinajstić information content (AvgIpc) is 3.21. The largest absolute Gasteiger partial charge is 0.347 e. The third-order valence-corrected chi connectivity index (χ3v) is 5.79. The first-order chi connectivity index (χ1) is 13.6. The van der Waals surface area contributed by atoms with Crippen LogP contribution in [0.5, 0.6) is 0 Å². The smallest absolute Gasteiger partial charge is 0.285 e. The first-order valence-corrected chi connectivity index (χ1v) is 10.0. The van der Waals surface area contributed by atoms with Gasteiger partial charge in [0.2, 0.25) is 0 Å². The van der Waals surface area contributed by atoms with E-state index in [1.54, 1.807) is 24.3 Å². The van der Waals surface area contributed by atoms with E-state index >= 15 is 0 Å². The molecule has 28 heavy (non-hydrogen) atoms. The molecule has 0 unspecified atom stereocenters. The highest BCUT2D eigenvalue weighted by Crippen LogP contribution is 2.33. The molecule has 2 aromatic carbocycles. The van der Waals surface area contributed by atoms with E-state index in [-0.39, 0.29) is 11.8 Å². The van der Waals surface area contributed by atoms with Crippen molar-refractivity contribution >= 4 is 57.1 Å². The molecule has 5 nitrogen and oxygen atoms in total. The highest BCUT2D eigenvalue weighted by atomic mass is 32.2. The number of hydrogen-bond donors (Lipinski definition) is 1. The van der Waals surface area contributed by atoms with Crippen molar-refractivity contribution < 1.29 is 9.59 Å². The van der Waals surface area contributed by atoms with Crippen LogP contribution in [0.1, 0.15) is 22.8 Å². The molecule has 7 heteroatoms. The summed E-state index contributed by atoms with van der Waals surface area (Å²) < 4.78 is 2.44. The maximum Gasteiger partial charge on any atom is 0.285 e. The number of nitrogens with one attached hydrogen (secondary N) is 1. The minimum absolute atomic E-state index is 0.305. The molecule has 1 N–H and O–H groups in total. The fraction of sp³-hybridized carbons (Fsp3) is 0.0952. The maximum absolute atomic E-state index is 12.8. The number of para-hydroxylation sites is 1. The van der Waals surface area contributed by atoms with Gasteiger partial charge >= 0.3 is 0 Å². The molecule has 2 amide bonds. The summed E-state index contributed by atoms with van der Waals surface area (Å²) in [6.45, 7) is 2.91. The molecule has 0 bridgehead atoms. The van der Waals surface area contributed by atoms with Crippen LogP contribution in [0.3, 0.4) is 0 Å². The van der Waals surface area contributed by atoms with Crippen molar-refractivity contribution in [1.82, 2.24) is 15.0 Å². The van der Waals surface area contributed by atoms with Gasteiger partial charge in [0, 0.05) is 34.8 Å². The second kappa shape index (κ2) is 7.61. The number of amides is 2. The maximum atomic E-state index is 12.8. The molecule has 1 saturated heterocycles. The predicted octanol–water partition coefficient (Wildman–Crippen LogP) is 4.21. The van der Waals surface area contributed by atoms with Crippen molar-refractivity contribution in [3.63, 3.8) is 0 Å². The minimum Gasteiger partial charge on any atom is -0.347 e. The summed E-state index contributed by atoms with van der Waals surface area (Å²) in [5.41, 5.74) is 5.13. The van der Waals surface area contributed by atoms with Crippen LogP contribution in [-0.2, 0) is 11.3 Å². The monoisotopic (exact) mass is 407 g/mol. The van der Waals surface area contributed by atoms with Crippen molar-refractivity contribution in [1.29, 1.82) is 0 Å². The lowest BCUT2D eigenvalue weighted by molar-refractivity contribution is -0.123. The first-order valence-electron chi connectivity index (χ1n) is 8.80. The van der Waals surface area contributed by atoms with Gasteiger partial charge in [0.1, 0.15) is 0 Å². The third kappa shape index (κ3) is 3.34. The minimum atomic E-state index is -0.374. The molecule has 2 heterocycles. The SMILES string of the molecule is CCn1cc(/C=C2\SC(=S)N(NC(=O)c3ccccc3)C2=O)c2ccccc21. The van der Waals surface area contributed by atoms with E-state index in [0.717, 1.165) is 28.0 Å². The van der Waals surface area contributed by atoms with Crippen LogP contribution in [0.25, 0.3) is 17.0 Å². The summed E-state index contributed by atoms with van der Waals surface area (Å²) in [4.78, 5) is 25.7. The Balaban J connectivity index is 1.62. The van der Waals surface area contributed by atoms with Crippen LogP contribution in [0.15, 0.2) is 65.7 Å². The fourth-order valence-corrected chi connectivity index (χ4v) is 4.28. The molecule has 0 aliphatic carbocycles. The molecular weight excluding hydrogens is 390 g/mol. The highest BCUT2D eigenvalue weighted by Gasteiger charge is 2.34. The van der Waals surface area contributed by atoms with E-state index in [1.165, 1.54) is 11.8 Å². The van der Waals surface area contributed by atoms with Crippen molar-refractivity contribution in [2.75, 3.05) is 0 Å². The Morgan fingerprint density at radius 3 is 2.61 bits per heavy atom. The average molecular weight is 408 g/mol. The molecule has 0 spiro atoms. The third-order valence-electron chi connectivity index (χ3n) is 4.49. The van der Waals surface area contributed by atoms with Gasteiger partial charge in [-0.15, -0.1) is 0 Å². The van der Waals surface area contributed by atoms with Gasteiger partial charge < -0.3 is 4.57 Å². The number of thioether (sulfide) groups is 1. The van der Waals surface area contributed by atoms with E-state index in [1.807, 2.05) is 36.5 Å². The van der Waals surface area contributed by atoms with Crippen molar-refractivity contribution in [3.8, 4) is 0 Å². The lowest BCUT2D eigenvalue weighted by Crippen LogP contribution is -2.44. The van der Waals surface area contributed by atoms with E-state index in [2.05, 4.69) is 23.0 Å². The summed E-state index contributed by atoms with van der Waals surface area (Å²) in [6, 6.07) is 16.8. The van der Waals surface area contributed by atoms with Gasteiger partial charge in [-0.1, -0.05) is 48.2 Å². The number of rotatable bonds is 4. The quantitative estimate of drug-likeness (QED) is 0.520. The number of hydrogen-bond acceptors (Lipinski definition) is 4. The Hall–Kier alpha value is -2.90. The molecule has 0 atom stereocenters. The highest BCUT2D eigenvalue weighted by molar-refractivity contribution is 8.26. The van der Waals surface area contributed by atoms with Gasteiger partial charge in [-0.3, -0.25) is 15.0 Å². The molecule has 1 aliphatic rings. The molecule has 1 aliphatic heterocycles. The van der Waals surface area contributed by atoms with Crippen molar-refractivity contribution in [3.05, 3.63) is 76.8 Å². The second-order valence-corrected chi connectivity index (χ2v) is 7.89. The van der Waals surface area contributed by atoms with Gasteiger partial charge in [-0.05, 0) is 43.4 Å². The van der Waals surface area contributed by atoms with Crippen LogP contribution >= 0.6 is 24.0 Å². The number of carbonyl (C=O) groups is 2. The molecule has 1 fully saturated rings. The Bertz CT molecular complexity index is 1120. The number of aromatic nitrogens is 1. The zero-order valence-corrected chi connectivity index (χ0v) is 16.7. The Labute approximate surface area is 172 Å². The molecule has 4 rings (SSSR count). The molecule has 3 aromatic rings. The molecule has 0 radical (unpaired) electrons. The van der Waals surface area contributed by atoms with Gasteiger partial charge in [0.15, 0.2) is 4.32 Å². The first kappa shape index (κ1) is 18.5. The van der Waals surface area contributed by atoms with Crippen LogP contribution in [0, 0.1) is 0 Å². The molecule has 0 saturated carbocycles. The second-order valence-electron chi connectivity index (χ2n) is 6.21. The lowest BCUT2D eigenvalue weighted by atomic mass is 10.1. The van der Waals surface area contributed by atoms with Gasteiger partial charge in [0.05, 0.1) is 4.91 Å². The number of nitrogens with zero attached hydrogens (tertiary/aromatic N) is 2. The number of hydrazine groups is 1. The van der Waals surface area contributed by atoms with Gasteiger partial charge in [-0.25, -0.2) is 0 Å². The zero-order chi connectivity index (χ0) is 19.7. The van der Waals surface area contributed by atoms with Crippen LogP contribution in [0.2, 0.25) is 0 Å². The molecular formula is C21H17N3O2S2. The molecule has 140 valence electrons.